The van der Waals surface area contributed by atoms with Crippen LogP contribution in [0.3, 0.4) is 0 Å². The maximum absolute atomic E-state index is 4.34. The van der Waals surface area contributed by atoms with Gasteiger partial charge in [-0.15, -0.1) is 0 Å². The molecule has 0 saturated carbocycles. The molecule has 0 radical (unpaired) electrons. The first-order valence-electron chi connectivity index (χ1n) is 5.82. The molecular weight excluding hydrogens is 226 g/mol. The van der Waals surface area contributed by atoms with Crippen LogP contribution >= 0.6 is 0 Å². The van der Waals surface area contributed by atoms with Crippen LogP contribution in [0.25, 0.3) is 11.1 Å². The fourth-order valence-electron chi connectivity index (χ4n) is 1.81. The summed E-state index contributed by atoms with van der Waals surface area (Å²) in [5.74, 6) is 0. The van der Waals surface area contributed by atoms with E-state index in [1.54, 1.807) is 12.4 Å². The van der Waals surface area contributed by atoms with Gasteiger partial charge in [0, 0.05) is 42.1 Å². The Morgan fingerprint density at radius 2 is 1.83 bits per heavy atom. The molecule has 0 unspecified atom stereocenters. The first kappa shape index (κ1) is 10.7. The van der Waals surface area contributed by atoms with Crippen LogP contribution in [0.1, 0.15) is 0 Å². The molecule has 18 heavy (non-hydrogen) atoms. The smallest absolute Gasteiger partial charge is 0.0605 e. The van der Waals surface area contributed by atoms with E-state index in [2.05, 4.69) is 15.2 Å². The van der Waals surface area contributed by atoms with E-state index in [0.29, 0.717) is 0 Å². The highest BCUT2D eigenvalue weighted by Crippen LogP contribution is 2.16. The molecule has 90 valence electrons. The van der Waals surface area contributed by atoms with Gasteiger partial charge in [-0.25, -0.2) is 0 Å². The maximum atomic E-state index is 4.34. The van der Waals surface area contributed by atoms with Crippen molar-refractivity contribution in [3.05, 3.63) is 55.4 Å². The van der Waals surface area contributed by atoms with Crippen molar-refractivity contribution < 1.29 is 0 Å². The Hall–Kier alpha value is -2.43. The van der Waals surface area contributed by atoms with Crippen molar-refractivity contribution in [1.82, 2.24) is 24.5 Å². The van der Waals surface area contributed by atoms with Gasteiger partial charge in [-0.05, 0) is 12.1 Å². The van der Waals surface area contributed by atoms with E-state index in [0.717, 1.165) is 24.2 Å². The van der Waals surface area contributed by atoms with Crippen molar-refractivity contribution >= 4 is 0 Å². The lowest BCUT2D eigenvalue weighted by Gasteiger charge is -2.01. The Balaban J connectivity index is 1.70. The van der Waals surface area contributed by atoms with Crippen molar-refractivity contribution in [3.8, 4) is 11.1 Å². The zero-order valence-electron chi connectivity index (χ0n) is 9.85. The zero-order chi connectivity index (χ0) is 12.2. The third kappa shape index (κ3) is 2.29. The number of rotatable bonds is 4. The van der Waals surface area contributed by atoms with Gasteiger partial charge in [0.05, 0.1) is 19.3 Å². The Labute approximate surface area is 105 Å². The molecule has 0 aliphatic rings. The number of aromatic nitrogens is 5. The van der Waals surface area contributed by atoms with E-state index >= 15 is 0 Å². The normalized spacial score (nSPS) is 10.7. The van der Waals surface area contributed by atoms with E-state index in [1.807, 2.05) is 52.4 Å². The number of hydrogen-bond acceptors (Lipinski definition) is 3. The molecule has 0 saturated heterocycles. The summed E-state index contributed by atoms with van der Waals surface area (Å²) < 4.78 is 3.81. The number of hydrogen-bond donors (Lipinski definition) is 0. The van der Waals surface area contributed by atoms with Gasteiger partial charge in [0.2, 0.25) is 0 Å². The average Bonchev–Trinajstić information content (AvgIpc) is 3.09. The fourth-order valence-corrected chi connectivity index (χ4v) is 1.81. The molecule has 3 aromatic heterocycles. The number of pyridine rings is 1. The van der Waals surface area contributed by atoms with E-state index in [-0.39, 0.29) is 0 Å². The Kier molecular flexibility index (Phi) is 2.87. The second-order valence-electron chi connectivity index (χ2n) is 4.00. The molecule has 0 bridgehead atoms. The van der Waals surface area contributed by atoms with Crippen LogP contribution in [-0.2, 0) is 13.1 Å². The van der Waals surface area contributed by atoms with Gasteiger partial charge in [-0.1, -0.05) is 6.07 Å². The number of nitrogens with zero attached hydrogens (tertiary/aromatic N) is 5. The summed E-state index contributed by atoms with van der Waals surface area (Å²) in [6.45, 7) is 1.63. The largest absolute Gasteiger partial charge is 0.271 e. The fraction of sp³-hybridized carbons (Fsp3) is 0.154. The van der Waals surface area contributed by atoms with Crippen LogP contribution in [0.4, 0.5) is 0 Å². The highest BCUT2D eigenvalue weighted by molar-refractivity contribution is 5.60. The molecule has 0 aliphatic heterocycles. The van der Waals surface area contributed by atoms with Crippen LogP contribution in [-0.4, -0.2) is 24.5 Å². The Bertz CT molecular complexity index is 597. The molecule has 3 heterocycles. The highest BCUT2D eigenvalue weighted by atomic mass is 15.3. The molecule has 0 aromatic carbocycles. The van der Waals surface area contributed by atoms with E-state index in [9.17, 15) is 0 Å². The standard InChI is InChI=1S/C13H13N5/c1-3-12(9-14-4-1)13-10-16-18(11-13)8-7-17-6-2-5-15-17/h1-6,9-11H,7-8H2. The van der Waals surface area contributed by atoms with Crippen LogP contribution in [0, 0.1) is 0 Å². The molecule has 5 heteroatoms. The second kappa shape index (κ2) is 4.83. The van der Waals surface area contributed by atoms with Gasteiger partial charge in [-0.2, -0.15) is 10.2 Å². The molecule has 0 aliphatic carbocycles. The number of aryl methyl sites for hydroxylation is 2. The van der Waals surface area contributed by atoms with Crippen LogP contribution < -0.4 is 0 Å². The van der Waals surface area contributed by atoms with Crippen molar-refractivity contribution in [2.75, 3.05) is 0 Å². The van der Waals surface area contributed by atoms with Crippen molar-refractivity contribution in [2.24, 2.45) is 0 Å². The van der Waals surface area contributed by atoms with E-state index in [4.69, 9.17) is 0 Å². The molecule has 0 amide bonds. The minimum absolute atomic E-state index is 0.807. The predicted octanol–water partition coefficient (Wildman–Crippen LogP) is 1.84. The summed E-state index contributed by atoms with van der Waals surface area (Å²) >= 11 is 0. The summed E-state index contributed by atoms with van der Waals surface area (Å²) in [7, 11) is 0. The summed E-state index contributed by atoms with van der Waals surface area (Å²) in [5, 5.41) is 8.50. The van der Waals surface area contributed by atoms with Gasteiger partial charge >= 0.3 is 0 Å². The van der Waals surface area contributed by atoms with E-state index < -0.39 is 0 Å². The third-order valence-corrected chi connectivity index (χ3v) is 2.75. The van der Waals surface area contributed by atoms with Crippen molar-refractivity contribution in [3.63, 3.8) is 0 Å². The molecular formula is C13H13N5. The summed E-state index contributed by atoms with van der Waals surface area (Å²) in [6.07, 6.45) is 11.2. The SMILES string of the molecule is c1cncc(-c2cnn(CCn3cccn3)c2)c1. The third-order valence-electron chi connectivity index (χ3n) is 2.75. The summed E-state index contributed by atoms with van der Waals surface area (Å²) in [6, 6.07) is 5.88. The van der Waals surface area contributed by atoms with Crippen molar-refractivity contribution in [1.29, 1.82) is 0 Å². The lowest BCUT2D eigenvalue weighted by molar-refractivity contribution is 0.500. The van der Waals surface area contributed by atoms with Gasteiger partial charge in [0.15, 0.2) is 0 Å². The van der Waals surface area contributed by atoms with Gasteiger partial charge in [0.25, 0.3) is 0 Å². The molecule has 0 N–H and O–H groups in total. The monoisotopic (exact) mass is 239 g/mol. The van der Waals surface area contributed by atoms with Crippen LogP contribution in [0.15, 0.2) is 55.4 Å². The first-order chi connectivity index (χ1) is 8.92. The van der Waals surface area contributed by atoms with Crippen LogP contribution in [0.5, 0.6) is 0 Å². The molecule has 5 nitrogen and oxygen atoms in total. The van der Waals surface area contributed by atoms with E-state index in [1.165, 1.54) is 0 Å². The molecule has 0 spiro atoms. The molecule has 0 fully saturated rings. The topological polar surface area (TPSA) is 48.5 Å². The Morgan fingerprint density at radius 3 is 2.61 bits per heavy atom. The minimum Gasteiger partial charge on any atom is -0.271 e. The predicted molar refractivity (Wildman–Crippen MR) is 67.7 cm³/mol. The quantitative estimate of drug-likeness (QED) is 0.698. The average molecular weight is 239 g/mol. The van der Waals surface area contributed by atoms with Crippen molar-refractivity contribution in [2.45, 2.75) is 13.1 Å². The molecule has 0 atom stereocenters. The second-order valence-corrected chi connectivity index (χ2v) is 4.00. The Morgan fingerprint density at radius 1 is 0.889 bits per heavy atom. The molecule has 3 aromatic rings. The maximum Gasteiger partial charge on any atom is 0.0605 e. The highest BCUT2D eigenvalue weighted by Gasteiger charge is 2.01. The lowest BCUT2D eigenvalue weighted by atomic mass is 10.2. The zero-order valence-corrected chi connectivity index (χ0v) is 9.85. The van der Waals surface area contributed by atoms with Crippen LogP contribution in [0.2, 0.25) is 0 Å². The minimum atomic E-state index is 0.807. The first-order valence-corrected chi connectivity index (χ1v) is 5.82. The summed E-state index contributed by atoms with van der Waals surface area (Å²) in [5.41, 5.74) is 2.17. The van der Waals surface area contributed by atoms with Gasteiger partial charge in [0.1, 0.15) is 0 Å². The lowest BCUT2D eigenvalue weighted by Crippen LogP contribution is -2.07. The molecule has 3 rings (SSSR count). The van der Waals surface area contributed by atoms with Gasteiger partial charge < -0.3 is 0 Å². The van der Waals surface area contributed by atoms with Gasteiger partial charge in [-0.3, -0.25) is 14.3 Å². The summed E-state index contributed by atoms with van der Waals surface area (Å²) in [4.78, 5) is 4.11.